The summed E-state index contributed by atoms with van der Waals surface area (Å²) < 4.78 is 21.4. The number of nitrogens with zero attached hydrogens (tertiary/aromatic N) is 5. The number of hydrogen-bond acceptors (Lipinski definition) is 9. The summed E-state index contributed by atoms with van der Waals surface area (Å²) in [5.74, 6) is -0.372. The number of hydrogen-bond donors (Lipinski definition) is 1. The minimum atomic E-state index is -0.885. The molecule has 3 heterocycles. The number of fused-ring (bicyclic) bond motifs is 1. The average Bonchev–Trinajstić information content (AvgIpc) is 3.78. The highest BCUT2D eigenvalue weighted by molar-refractivity contribution is 5.81. The standard InChI is InChI=1S/C49H85N6O5/c1-6-8-10-12-14-16-18-20-22-24-26-28-30-32-34-36-42(56)59-45-41(38-55(3,4)5)58-49(54-40-53-44-47(50)51-39-52-48(44)54)46(45)60-43(57)37-35-33-31-29-27-25-23-21-19-17-15-13-11-9-7-2/h20-23,39-41,45-46,49H,6-19,24-38H2,1-5H3,(H2,50,51,52)/q+1/b22-20-,23-21-/t41-,45-,46-,49-/m1/s1. The van der Waals surface area contributed by atoms with Crippen LogP contribution in [0, 0.1) is 0 Å². The third-order valence-electron chi connectivity index (χ3n) is 11.5. The Bertz CT molecular complexity index is 1500. The third-order valence-corrected chi connectivity index (χ3v) is 11.5. The summed E-state index contributed by atoms with van der Waals surface area (Å²) in [5, 5.41) is 0. The van der Waals surface area contributed by atoms with E-state index >= 15 is 0 Å². The van der Waals surface area contributed by atoms with Crippen molar-refractivity contribution < 1.29 is 28.3 Å². The number of rotatable bonds is 35. The molecule has 2 aromatic rings. The predicted molar refractivity (Wildman–Crippen MR) is 245 cm³/mol. The smallest absolute Gasteiger partial charge is 0.306 e. The lowest BCUT2D eigenvalue weighted by molar-refractivity contribution is -0.874. The lowest BCUT2D eigenvalue weighted by atomic mass is 10.1. The second kappa shape index (κ2) is 30.7. The number of allylic oxidation sites excluding steroid dienone is 4. The van der Waals surface area contributed by atoms with E-state index in [4.69, 9.17) is 19.9 Å². The molecule has 0 saturated carbocycles. The number of imidazole rings is 1. The SMILES string of the molecule is CCCCCCCC/C=C\CCCCCCCC(=O)O[C@@H]1[C@H](OC(=O)CCCCCCC/C=C\CCCCCCCC)[C@@H](C[N+](C)(C)C)O[C@H]1n1cnc2c(N)ncnc21. The lowest BCUT2D eigenvalue weighted by Gasteiger charge is -2.30. The quantitative estimate of drug-likeness (QED) is 0.0312. The highest BCUT2D eigenvalue weighted by atomic mass is 16.6. The monoisotopic (exact) mass is 838 g/mol. The molecule has 0 bridgehead atoms. The van der Waals surface area contributed by atoms with Gasteiger partial charge in [-0.2, -0.15) is 0 Å². The van der Waals surface area contributed by atoms with E-state index in [1.54, 1.807) is 10.9 Å². The highest BCUT2D eigenvalue weighted by Crippen LogP contribution is 2.37. The average molecular weight is 838 g/mol. The second-order valence-electron chi connectivity index (χ2n) is 18.2. The molecule has 4 atom stereocenters. The molecular formula is C49H85N6O5+. The zero-order chi connectivity index (χ0) is 43.3. The summed E-state index contributed by atoms with van der Waals surface area (Å²) in [6.45, 7) is 5.06. The number of nitrogen functional groups attached to an aromatic ring is 1. The zero-order valence-electron chi connectivity index (χ0n) is 38.6. The number of esters is 2. The Labute approximate surface area is 364 Å². The maximum Gasteiger partial charge on any atom is 0.306 e. The molecule has 0 amide bonds. The number of ether oxygens (including phenoxy) is 3. The van der Waals surface area contributed by atoms with Gasteiger partial charge in [0.2, 0.25) is 0 Å². The van der Waals surface area contributed by atoms with E-state index in [2.05, 4.69) is 74.2 Å². The summed E-state index contributed by atoms with van der Waals surface area (Å²) in [7, 11) is 6.19. The fraction of sp³-hybridized carbons (Fsp3) is 0.776. The van der Waals surface area contributed by atoms with Crippen LogP contribution >= 0.6 is 0 Å². The fourth-order valence-electron chi connectivity index (χ4n) is 8.04. The Kier molecular flexibility index (Phi) is 26.1. The molecule has 0 spiro atoms. The van der Waals surface area contributed by atoms with Gasteiger partial charge in [0.15, 0.2) is 29.9 Å². The number of unbranched alkanes of at least 4 members (excludes halogenated alkanes) is 22. The van der Waals surface area contributed by atoms with E-state index in [0.29, 0.717) is 28.6 Å². The van der Waals surface area contributed by atoms with Gasteiger partial charge in [0.25, 0.3) is 0 Å². The molecule has 0 aliphatic carbocycles. The summed E-state index contributed by atoms with van der Waals surface area (Å²) >= 11 is 0. The van der Waals surface area contributed by atoms with Gasteiger partial charge in [-0.15, -0.1) is 0 Å². The number of likely N-dealkylation sites (N-methyl/N-ethyl adjacent to an activating group) is 1. The third kappa shape index (κ3) is 21.0. The molecule has 1 aliphatic heterocycles. The second-order valence-corrected chi connectivity index (χ2v) is 18.2. The molecule has 60 heavy (non-hydrogen) atoms. The molecule has 0 aromatic carbocycles. The molecule has 1 fully saturated rings. The van der Waals surface area contributed by atoms with Crippen LogP contribution in [0.1, 0.15) is 200 Å². The van der Waals surface area contributed by atoms with Crippen LogP contribution < -0.4 is 5.73 Å². The van der Waals surface area contributed by atoms with Crippen LogP contribution in [0.3, 0.4) is 0 Å². The zero-order valence-corrected chi connectivity index (χ0v) is 38.6. The molecule has 1 aliphatic rings. The van der Waals surface area contributed by atoms with E-state index in [1.165, 1.54) is 109 Å². The summed E-state index contributed by atoms with van der Waals surface area (Å²) in [4.78, 5) is 40.0. The van der Waals surface area contributed by atoms with Crippen LogP contribution in [-0.2, 0) is 23.8 Å². The fourth-order valence-corrected chi connectivity index (χ4v) is 8.04. The Balaban J connectivity index is 1.49. The van der Waals surface area contributed by atoms with E-state index in [-0.39, 0.29) is 24.2 Å². The number of quaternary nitrogens is 1. The van der Waals surface area contributed by atoms with Crippen molar-refractivity contribution in [3.8, 4) is 0 Å². The number of anilines is 1. The largest absolute Gasteiger partial charge is 0.455 e. The molecule has 11 heteroatoms. The Morgan fingerprint density at radius 2 is 1.07 bits per heavy atom. The molecule has 2 N–H and O–H groups in total. The maximum absolute atomic E-state index is 13.5. The minimum Gasteiger partial charge on any atom is -0.455 e. The normalized spacial score (nSPS) is 18.4. The van der Waals surface area contributed by atoms with Crippen LogP contribution in [0.5, 0.6) is 0 Å². The van der Waals surface area contributed by atoms with Crippen molar-refractivity contribution in [3.05, 3.63) is 37.0 Å². The van der Waals surface area contributed by atoms with Gasteiger partial charge in [0, 0.05) is 12.8 Å². The summed E-state index contributed by atoms with van der Waals surface area (Å²) in [6, 6.07) is 0. The number of nitrogens with two attached hydrogens (primary N) is 1. The molecule has 11 nitrogen and oxygen atoms in total. The van der Waals surface area contributed by atoms with Crippen molar-refractivity contribution in [1.82, 2.24) is 19.5 Å². The van der Waals surface area contributed by atoms with Crippen LogP contribution in [0.15, 0.2) is 37.0 Å². The van der Waals surface area contributed by atoms with Crippen molar-refractivity contribution in [2.24, 2.45) is 0 Å². The molecule has 2 aromatic heterocycles. The van der Waals surface area contributed by atoms with Crippen LogP contribution in [0.2, 0.25) is 0 Å². The van der Waals surface area contributed by atoms with Crippen molar-refractivity contribution >= 4 is 28.9 Å². The van der Waals surface area contributed by atoms with Crippen molar-refractivity contribution in [2.45, 2.75) is 218 Å². The van der Waals surface area contributed by atoms with Crippen LogP contribution in [0.25, 0.3) is 11.2 Å². The van der Waals surface area contributed by atoms with Crippen molar-refractivity contribution in [1.29, 1.82) is 0 Å². The Hall–Kier alpha value is -3.31. The molecule has 1 saturated heterocycles. The lowest BCUT2D eigenvalue weighted by Crippen LogP contribution is -2.48. The van der Waals surface area contributed by atoms with Gasteiger partial charge in [-0.25, -0.2) is 15.0 Å². The first-order chi connectivity index (χ1) is 29.1. The van der Waals surface area contributed by atoms with E-state index in [0.717, 1.165) is 64.2 Å². The Morgan fingerprint density at radius 1 is 0.633 bits per heavy atom. The number of carbonyl (C=O) groups is 2. The van der Waals surface area contributed by atoms with Gasteiger partial charge >= 0.3 is 11.9 Å². The molecule has 0 radical (unpaired) electrons. The Morgan fingerprint density at radius 3 is 1.53 bits per heavy atom. The number of carbonyl (C=O) groups excluding carboxylic acids is 2. The predicted octanol–water partition coefficient (Wildman–Crippen LogP) is 11.9. The summed E-state index contributed by atoms with van der Waals surface area (Å²) in [6.07, 6.45) is 40.8. The minimum absolute atomic E-state index is 0.250. The van der Waals surface area contributed by atoms with Gasteiger partial charge in [-0.3, -0.25) is 14.2 Å². The molecule has 0 unspecified atom stereocenters. The first kappa shape index (κ1) is 51.0. The first-order valence-corrected chi connectivity index (χ1v) is 24.2. The molecule has 3 rings (SSSR count). The van der Waals surface area contributed by atoms with Gasteiger partial charge in [0.05, 0.1) is 27.5 Å². The summed E-state index contributed by atoms with van der Waals surface area (Å²) in [5.41, 5.74) is 7.04. The highest BCUT2D eigenvalue weighted by Gasteiger charge is 2.52. The van der Waals surface area contributed by atoms with E-state index < -0.39 is 24.5 Å². The van der Waals surface area contributed by atoms with Crippen molar-refractivity contribution in [3.63, 3.8) is 0 Å². The van der Waals surface area contributed by atoms with E-state index in [1.807, 2.05) is 0 Å². The van der Waals surface area contributed by atoms with Gasteiger partial charge in [-0.1, -0.05) is 141 Å². The molecular weight excluding hydrogens is 753 g/mol. The number of aromatic nitrogens is 4. The topological polar surface area (TPSA) is 131 Å². The van der Waals surface area contributed by atoms with Crippen LogP contribution in [0.4, 0.5) is 5.82 Å². The maximum atomic E-state index is 13.5. The molecule has 340 valence electrons. The van der Waals surface area contributed by atoms with Gasteiger partial charge in [0.1, 0.15) is 24.5 Å². The van der Waals surface area contributed by atoms with Gasteiger partial charge in [-0.05, 0) is 64.2 Å². The van der Waals surface area contributed by atoms with Crippen LogP contribution in [-0.4, -0.2) is 81.9 Å². The van der Waals surface area contributed by atoms with Crippen molar-refractivity contribution in [2.75, 3.05) is 33.4 Å². The first-order valence-electron chi connectivity index (χ1n) is 24.2. The van der Waals surface area contributed by atoms with E-state index in [9.17, 15) is 9.59 Å². The van der Waals surface area contributed by atoms with Gasteiger partial charge < -0.3 is 24.4 Å².